The van der Waals surface area contributed by atoms with Gasteiger partial charge in [-0.2, -0.15) is 0 Å². The molecule has 36 heavy (non-hydrogen) atoms. The zero-order valence-corrected chi connectivity index (χ0v) is 20.6. The summed E-state index contributed by atoms with van der Waals surface area (Å²) in [7, 11) is 4.59. The van der Waals surface area contributed by atoms with E-state index in [1.54, 1.807) is 44.5 Å². The monoisotopic (exact) mass is 488 g/mol. The summed E-state index contributed by atoms with van der Waals surface area (Å²) in [5.74, 6) is 1.29. The lowest BCUT2D eigenvalue weighted by molar-refractivity contribution is 0.0597. The number of anilines is 2. The zero-order chi connectivity index (χ0) is 25.7. The Morgan fingerprint density at radius 2 is 1.72 bits per heavy atom. The number of pyridine rings is 1. The molecule has 2 aromatic carbocycles. The number of nitrogens with zero attached hydrogens (tertiary/aromatic N) is 3. The largest absolute Gasteiger partial charge is 0.495 e. The van der Waals surface area contributed by atoms with Crippen molar-refractivity contribution in [1.29, 1.82) is 0 Å². The van der Waals surface area contributed by atoms with Crippen molar-refractivity contribution in [1.82, 2.24) is 9.38 Å². The molecule has 0 spiro atoms. The number of amides is 2. The number of imidazole rings is 1. The molecule has 9 heteroatoms. The average molecular weight is 489 g/mol. The third kappa shape index (κ3) is 4.81. The fraction of sp³-hybridized carbons (Fsp3) is 0.222. The van der Waals surface area contributed by atoms with Gasteiger partial charge >= 0.3 is 12.0 Å². The average Bonchev–Trinajstić information content (AvgIpc) is 3.30. The lowest BCUT2D eigenvalue weighted by atomic mass is 10.1. The second-order valence-electron chi connectivity index (χ2n) is 7.93. The third-order valence-corrected chi connectivity index (χ3v) is 5.77. The van der Waals surface area contributed by atoms with Crippen molar-refractivity contribution >= 4 is 29.2 Å². The summed E-state index contributed by atoms with van der Waals surface area (Å²) in [6.45, 7) is 2.13. The number of benzene rings is 2. The minimum atomic E-state index is -0.425. The molecule has 2 amide bonds. The third-order valence-electron chi connectivity index (χ3n) is 5.77. The first-order chi connectivity index (χ1) is 17.5. The van der Waals surface area contributed by atoms with Crippen LogP contribution in [-0.4, -0.2) is 42.7 Å². The summed E-state index contributed by atoms with van der Waals surface area (Å²) in [6.07, 6.45) is 2.44. The lowest BCUT2D eigenvalue weighted by Crippen LogP contribution is -2.32. The maximum atomic E-state index is 13.2. The summed E-state index contributed by atoms with van der Waals surface area (Å²) < 4.78 is 18.1. The molecule has 186 valence electrons. The van der Waals surface area contributed by atoms with Crippen LogP contribution in [-0.2, 0) is 17.8 Å². The van der Waals surface area contributed by atoms with E-state index in [-0.39, 0.29) is 12.6 Å². The lowest BCUT2D eigenvalue weighted by Gasteiger charge is -2.20. The number of hydrogen-bond donors (Lipinski definition) is 1. The number of hydrogen-bond acceptors (Lipinski definition) is 6. The summed E-state index contributed by atoms with van der Waals surface area (Å²) in [6, 6.07) is 17.6. The van der Waals surface area contributed by atoms with Crippen LogP contribution in [0.4, 0.5) is 16.3 Å². The van der Waals surface area contributed by atoms with E-state index in [9.17, 15) is 9.59 Å². The van der Waals surface area contributed by atoms with Crippen LogP contribution in [0.5, 0.6) is 11.5 Å². The molecular formula is C27H28N4O5. The van der Waals surface area contributed by atoms with Crippen molar-refractivity contribution in [2.45, 2.75) is 20.0 Å². The van der Waals surface area contributed by atoms with Gasteiger partial charge in [-0.3, -0.25) is 9.30 Å². The predicted octanol–water partition coefficient (Wildman–Crippen LogP) is 4.94. The number of para-hydroxylation sites is 2. The molecule has 4 aromatic rings. The van der Waals surface area contributed by atoms with E-state index in [0.29, 0.717) is 46.2 Å². The molecule has 2 heterocycles. The number of fused-ring (bicyclic) bond motifs is 1. The molecule has 0 radical (unpaired) electrons. The highest BCUT2D eigenvalue weighted by atomic mass is 16.5. The number of ether oxygens (including phenoxy) is 3. The second-order valence-corrected chi connectivity index (χ2v) is 7.93. The van der Waals surface area contributed by atoms with Crippen molar-refractivity contribution in [3.63, 3.8) is 0 Å². The van der Waals surface area contributed by atoms with Crippen molar-refractivity contribution in [2.24, 2.45) is 0 Å². The van der Waals surface area contributed by atoms with Crippen LogP contribution in [0.2, 0.25) is 0 Å². The van der Waals surface area contributed by atoms with Gasteiger partial charge in [0, 0.05) is 18.8 Å². The number of aryl methyl sites for hydroxylation is 1. The first-order valence-corrected chi connectivity index (χ1v) is 11.4. The minimum Gasteiger partial charge on any atom is -0.495 e. The molecule has 0 atom stereocenters. The maximum absolute atomic E-state index is 13.2. The minimum absolute atomic E-state index is 0.152. The van der Waals surface area contributed by atoms with Gasteiger partial charge in [-0.1, -0.05) is 37.3 Å². The van der Waals surface area contributed by atoms with Gasteiger partial charge in [0.05, 0.1) is 31.2 Å². The number of rotatable bonds is 8. The van der Waals surface area contributed by atoms with Gasteiger partial charge in [-0.25, -0.2) is 14.6 Å². The van der Waals surface area contributed by atoms with E-state index in [1.165, 1.54) is 12.0 Å². The normalized spacial score (nSPS) is 10.7. The standard InChI is InChI=1S/C27H28N4O5/c1-5-20-25(30(2)27(33)29-21-13-8-9-14-22(21)34-3)31-16-10-15-23(24(31)28-20)36-17-18-11-6-7-12-19(18)26(32)35-4/h6-16H,5,17H2,1-4H3,(H,29,33). The molecule has 4 rings (SSSR count). The summed E-state index contributed by atoms with van der Waals surface area (Å²) in [5.41, 5.74) is 3.01. The highest BCUT2D eigenvalue weighted by Gasteiger charge is 2.23. The number of esters is 1. The van der Waals surface area contributed by atoms with Crippen LogP contribution < -0.4 is 19.7 Å². The number of carbonyl (C=O) groups is 2. The molecule has 9 nitrogen and oxygen atoms in total. The van der Waals surface area contributed by atoms with Gasteiger partial charge in [0.15, 0.2) is 11.4 Å². The Labute approximate surface area is 209 Å². The second kappa shape index (κ2) is 10.8. The summed E-state index contributed by atoms with van der Waals surface area (Å²) in [5, 5.41) is 2.89. The van der Waals surface area contributed by atoms with Crippen LogP contribution in [0.15, 0.2) is 66.9 Å². The van der Waals surface area contributed by atoms with Crippen molar-refractivity contribution < 1.29 is 23.8 Å². The first-order valence-electron chi connectivity index (χ1n) is 11.4. The number of carbonyl (C=O) groups excluding carboxylic acids is 2. The van der Waals surface area contributed by atoms with E-state index in [2.05, 4.69) is 5.32 Å². The molecule has 0 saturated heterocycles. The Hall–Kier alpha value is -4.53. The van der Waals surface area contributed by atoms with Gasteiger partial charge < -0.3 is 19.5 Å². The molecular weight excluding hydrogens is 460 g/mol. The Bertz CT molecular complexity index is 1400. The molecule has 0 bridgehead atoms. The van der Waals surface area contributed by atoms with E-state index >= 15 is 0 Å². The van der Waals surface area contributed by atoms with Crippen molar-refractivity contribution in [2.75, 3.05) is 31.5 Å². The Morgan fingerprint density at radius 3 is 2.47 bits per heavy atom. The highest BCUT2D eigenvalue weighted by Crippen LogP contribution is 2.30. The van der Waals surface area contributed by atoms with E-state index in [1.807, 2.05) is 47.9 Å². The quantitative estimate of drug-likeness (QED) is 0.353. The van der Waals surface area contributed by atoms with Crippen molar-refractivity contribution in [3.05, 3.63) is 83.7 Å². The molecule has 1 N–H and O–H groups in total. The predicted molar refractivity (Wildman–Crippen MR) is 137 cm³/mol. The van der Waals surface area contributed by atoms with Gasteiger partial charge in [0.1, 0.15) is 18.2 Å². The number of nitrogens with one attached hydrogen (secondary N) is 1. The molecule has 0 aliphatic rings. The van der Waals surface area contributed by atoms with E-state index in [0.717, 1.165) is 5.69 Å². The van der Waals surface area contributed by atoms with Crippen molar-refractivity contribution in [3.8, 4) is 11.5 Å². The van der Waals surface area contributed by atoms with Crippen LogP contribution in [0.3, 0.4) is 0 Å². The maximum Gasteiger partial charge on any atom is 0.338 e. The fourth-order valence-electron chi connectivity index (χ4n) is 3.94. The number of aromatic nitrogens is 2. The molecule has 0 aliphatic heterocycles. The van der Waals surface area contributed by atoms with Gasteiger partial charge in [0.2, 0.25) is 0 Å². The number of methoxy groups -OCH3 is 2. The number of urea groups is 1. The highest BCUT2D eigenvalue weighted by molar-refractivity contribution is 6.02. The molecule has 0 saturated carbocycles. The first kappa shape index (κ1) is 24.6. The summed E-state index contributed by atoms with van der Waals surface area (Å²) >= 11 is 0. The van der Waals surface area contributed by atoms with Gasteiger partial charge in [0.25, 0.3) is 0 Å². The molecule has 0 unspecified atom stereocenters. The Balaban J connectivity index is 1.63. The summed E-state index contributed by atoms with van der Waals surface area (Å²) in [4.78, 5) is 31.5. The van der Waals surface area contributed by atoms with E-state index in [4.69, 9.17) is 19.2 Å². The van der Waals surface area contributed by atoms with Crippen LogP contribution in [0.25, 0.3) is 5.65 Å². The molecule has 2 aromatic heterocycles. The van der Waals surface area contributed by atoms with Gasteiger partial charge in [-0.15, -0.1) is 0 Å². The topological polar surface area (TPSA) is 94.4 Å². The van der Waals surface area contributed by atoms with Crippen LogP contribution in [0, 0.1) is 0 Å². The molecule has 0 fully saturated rings. The van der Waals surface area contributed by atoms with E-state index < -0.39 is 5.97 Å². The Morgan fingerprint density at radius 1 is 1.00 bits per heavy atom. The SMILES string of the molecule is CCc1nc2c(OCc3ccccc3C(=O)OC)cccn2c1N(C)C(=O)Nc1ccccc1OC. The zero-order valence-electron chi connectivity index (χ0n) is 20.6. The molecule has 0 aliphatic carbocycles. The van der Waals surface area contributed by atoms with Crippen LogP contribution in [0.1, 0.15) is 28.5 Å². The smallest absolute Gasteiger partial charge is 0.338 e. The Kier molecular flexibility index (Phi) is 7.39. The van der Waals surface area contributed by atoms with Crippen LogP contribution >= 0.6 is 0 Å². The fourth-order valence-corrected chi connectivity index (χ4v) is 3.94. The van der Waals surface area contributed by atoms with Gasteiger partial charge in [-0.05, 0) is 36.8 Å².